The van der Waals surface area contributed by atoms with E-state index in [4.69, 9.17) is 14.2 Å². The van der Waals surface area contributed by atoms with Gasteiger partial charge in [-0.1, -0.05) is 78.9 Å². The molecule has 0 bridgehead atoms. The van der Waals surface area contributed by atoms with Crippen LogP contribution in [-0.4, -0.2) is 33.4 Å². The van der Waals surface area contributed by atoms with Crippen molar-refractivity contribution in [3.05, 3.63) is 131 Å². The summed E-state index contributed by atoms with van der Waals surface area (Å²) in [7, 11) is -3.99. The molecule has 246 valence electrons. The number of nitrogens with one attached hydrogen (secondary N) is 1. The maximum absolute atomic E-state index is 13.8. The lowest BCUT2D eigenvalue weighted by molar-refractivity contribution is -0.118. The number of hydrogen-bond donors (Lipinski definition) is 1. The predicted molar refractivity (Wildman–Crippen MR) is 185 cm³/mol. The quantitative estimate of drug-likeness (QED) is 0.152. The van der Waals surface area contributed by atoms with E-state index >= 15 is 0 Å². The van der Waals surface area contributed by atoms with Crippen LogP contribution in [0.3, 0.4) is 0 Å². The van der Waals surface area contributed by atoms with E-state index in [2.05, 4.69) is 4.72 Å². The molecular formula is C38H36N2O7S. The minimum Gasteiger partial charge on any atom is -0.493 e. The topological polar surface area (TPSA) is 111 Å². The molecule has 0 spiro atoms. The molecule has 5 aromatic carbocycles. The van der Waals surface area contributed by atoms with Gasteiger partial charge in [-0.05, 0) is 54.8 Å². The number of hydrogen-bond acceptors (Lipinski definition) is 7. The molecule has 0 radical (unpaired) electrons. The number of fused-ring (bicyclic) bond motifs is 2. The fourth-order valence-electron chi connectivity index (χ4n) is 5.89. The van der Waals surface area contributed by atoms with E-state index in [1.165, 1.54) is 0 Å². The summed E-state index contributed by atoms with van der Waals surface area (Å²) < 4.78 is 45.9. The predicted octanol–water partition coefficient (Wildman–Crippen LogP) is 6.57. The molecule has 0 aromatic heterocycles. The van der Waals surface area contributed by atoms with Gasteiger partial charge in [0, 0.05) is 22.0 Å². The van der Waals surface area contributed by atoms with Crippen molar-refractivity contribution < 1.29 is 32.2 Å². The lowest BCUT2D eigenvalue weighted by Crippen LogP contribution is -2.32. The molecule has 0 unspecified atom stereocenters. The summed E-state index contributed by atoms with van der Waals surface area (Å²) in [5.74, 6) is 0.513. The molecule has 0 saturated heterocycles. The molecule has 1 N–H and O–H groups in total. The summed E-state index contributed by atoms with van der Waals surface area (Å²) in [5, 5.41) is 1.69. The van der Waals surface area contributed by atoms with Crippen LogP contribution in [-0.2, 0) is 40.1 Å². The number of anilines is 1. The van der Waals surface area contributed by atoms with Crippen LogP contribution in [0.25, 0.3) is 10.8 Å². The van der Waals surface area contributed by atoms with E-state index in [0.29, 0.717) is 59.4 Å². The smallest absolute Gasteiger partial charge is 0.262 e. The third kappa shape index (κ3) is 7.13. The number of benzene rings is 5. The average Bonchev–Trinajstić information content (AvgIpc) is 3.42. The molecule has 0 saturated carbocycles. The Hall–Kier alpha value is -5.35. The van der Waals surface area contributed by atoms with Gasteiger partial charge < -0.3 is 19.1 Å². The molecule has 2 amide bonds. The van der Waals surface area contributed by atoms with Crippen molar-refractivity contribution in [1.82, 2.24) is 4.72 Å². The summed E-state index contributed by atoms with van der Waals surface area (Å²) in [5.41, 5.74) is 3.94. The molecule has 1 heterocycles. The Morgan fingerprint density at radius 2 is 1.40 bits per heavy atom. The Morgan fingerprint density at radius 1 is 0.750 bits per heavy atom. The SMILES string of the molecule is CCOc1c2c(c(OCC)c3ccccc13)C(=O)N(c1ccc(CS(=O)(=O)NC(=O)Cc3cccc(OCc4ccccc4)c3)cc1)C2. The van der Waals surface area contributed by atoms with Gasteiger partial charge in [0.25, 0.3) is 5.91 Å². The van der Waals surface area contributed by atoms with Crippen molar-refractivity contribution >= 4 is 38.3 Å². The molecule has 10 heteroatoms. The van der Waals surface area contributed by atoms with E-state index in [-0.39, 0.29) is 18.9 Å². The van der Waals surface area contributed by atoms with Gasteiger partial charge in [-0.25, -0.2) is 8.42 Å². The van der Waals surface area contributed by atoms with Gasteiger partial charge in [0.15, 0.2) is 0 Å². The highest BCUT2D eigenvalue weighted by Gasteiger charge is 2.36. The summed E-state index contributed by atoms with van der Waals surface area (Å²) in [6.07, 6.45) is -0.124. The van der Waals surface area contributed by atoms with Crippen LogP contribution in [0.2, 0.25) is 0 Å². The molecule has 6 rings (SSSR count). The zero-order valence-corrected chi connectivity index (χ0v) is 27.6. The molecular weight excluding hydrogens is 628 g/mol. The number of amides is 2. The third-order valence-electron chi connectivity index (χ3n) is 7.96. The molecule has 1 aliphatic heterocycles. The second-order valence-electron chi connectivity index (χ2n) is 11.4. The lowest BCUT2D eigenvalue weighted by atomic mass is 9.99. The molecule has 1 aliphatic rings. The Bertz CT molecular complexity index is 2060. The fourth-order valence-corrected chi connectivity index (χ4v) is 7.01. The van der Waals surface area contributed by atoms with Crippen LogP contribution in [0.1, 0.15) is 46.5 Å². The van der Waals surface area contributed by atoms with E-state index in [1.54, 1.807) is 53.4 Å². The number of nitrogens with zero attached hydrogens (tertiary/aromatic N) is 1. The summed E-state index contributed by atoms with van der Waals surface area (Å²) in [4.78, 5) is 28.2. The number of rotatable bonds is 13. The van der Waals surface area contributed by atoms with Crippen molar-refractivity contribution in [1.29, 1.82) is 0 Å². The first kappa shape index (κ1) is 32.6. The van der Waals surface area contributed by atoms with Crippen molar-refractivity contribution in [3.8, 4) is 17.2 Å². The minimum atomic E-state index is -3.99. The van der Waals surface area contributed by atoms with Crippen molar-refractivity contribution in [2.45, 2.75) is 39.2 Å². The summed E-state index contributed by atoms with van der Waals surface area (Å²) in [6.45, 7) is 5.27. The summed E-state index contributed by atoms with van der Waals surface area (Å²) >= 11 is 0. The van der Waals surface area contributed by atoms with Gasteiger partial charge in [0.2, 0.25) is 15.9 Å². The molecule has 9 nitrogen and oxygen atoms in total. The first-order chi connectivity index (χ1) is 23.3. The average molecular weight is 665 g/mol. The molecule has 48 heavy (non-hydrogen) atoms. The first-order valence-corrected chi connectivity index (χ1v) is 17.4. The molecule has 0 atom stereocenters. The standard InChI is InChI=1S/C38H36N2O7S/c1-3-45-36-31-15-8-9-16-32(31)37(46-4-2)35-33(36)23-40(38(35)42)29-19-17-27(18-20-29)25-48(43,44)39-34(41)22-28-13-10-14-30(21-28)47-24-26-11-6-5-7-12-26/h5-21H,3-4,22-25H2,1-2H3,(H,39,41). The zero-order valence-electron chi connectivity index (χ0n) is 26.8. The van der Waals surface area contributed by atoms with Crippen LogP contribution >= 0.6 is 0 Å². The fraction of sp³-hybridized carbons (Fsp3) is 0.211. The van der Waals surface area contributed by atoms with Gasteiger partial charge in [-0.3, -0.25) is 14.3 Å². The lowest BCUT2D eigenvalue weighted by Gasteiger charge is -2.16. The van der Waals surface area contributed by atoms with Gasteiger partial charge in [0.05, 0.1) is 37.5 Å². The number of ether oxygens (including phenoxy) is 3. The van der Waals surface area contributed by atoms with E-state index < -0.39 is 21.7 Å². The van der Waals surface area contributed by atoms with E-state index in [0.717, 1.165) is 21.9 Å². The highest BCUT2D eigenvalue weighted by atomic mass is 32.2. The zero-order chi connectivity index (χ0) is 33.7. The largest absolute Gasteiger partial charge is 0.493 e. The van der Waals surface area contributed by atoms with Gasteiger partial charge in [-0.2, -0.15) is 0 Å². The maximum atomic E-state index is 13.8. The van der Waals surface area contributed by atoms with E-state index in [9.17, 15) is 18.0 Å². The molecule has 5 aromatic rings. The Labute approximate surface area is 280 Å². The molecule has 0 fully saturated rings. The van der Waals surface area contributed by atoms with Gasteiger partial charge in [0.1, 0.15) is 23.9 Å². The van der Waals surface area contributed by atoms with Crippen LogP contribution in [0.15, 0.2) is 103 Å². The second kappa shape index (κ2) is 14.2. The van der Waals surface area contributed by atoms with E-state index in [1.807, 2.05) is 68.4 Å². The van der Waals surface area contributed by atoms with Gasteiger partial charge in [-0.15, -0.1) is 0 Å². The van der Waals surface area contributed by atoms with Crippen molar-refractivity contribution in [3.63, 3.8) is 0 Å². The van der Waals surface area contributed by atoms with Crippen LogP contribution < -0.4 is 23.8 Å². The Kier molecular flexibility index (Phi) is 9.63. The van der Waals surface area contributed by atoms with Gasteiger partial charge >= 0.3 is 0 Å². The number of sulfonamides is 1. The van der Waals surface area contributed by atoms with Crippen LogP contribution in [0, 0.1) is 0 Å². The maximum Gasteiger partial charge on any atom is 0.262 e. The van der Waals surface area contributed by atoms with Crippen molar-refractivity contribution in [2.75, 3.05) is 18.1 Å². The monoisotopic (exact) mass is 664 g/mol. The third-order valence-corrected chi connectivity index (χ3v) is 9.21. The Morgan fingerprint density at radius 3 is 2.10 bits per heavy atom. The minimum absolute atomic E-state index is 0.124. The first-order valence-electron chi connectivity index (χ1n) is 15.8. The normalized spacial score (nSPS) is 12.5. The highest BCUT2D eigenvalue weighted by molar-refractivity contribution is 7.89. The number of carbonyl (C=O) groups excluding carboxylic acids is 2. The van der Waals surface area contributed by atoms with Crippen LogP contribution in [0.4, 0.5) is 5.69 Å². The Balaban J connectivity index is 1.12. The number of carbonyl (C=O) groups is 2. The van der Waals surface area contributed by atoms with Crippen molar-refractivity contribution in [2.24, 2.45) is 0 Å². The highest BCUT2D eigenvalue weighted by Crippen LogP contribution is 2.46. The second-order valence-corrected chi connectivity index (χ2v) is 13.1. The summed E-state index contributed by atoms with van der Waals surface area (Å²) in [6, 6.07) is 31.1. The molecule has 0 aliphatic carbocycles. The van der Waals surface area contributed by atoms with Crippen LogP contribution in [0.5, 0.6) is 17.2 Å².